The molecule has 0 aromatic carbocycles. The van der Waals surface area contributed by atoms with Crippen molar-refractivity contribution in [3.05, 3.63) is 12.2 Å². The Labute approximate surface area is 76.1 Å². The molecule has 2 aliphatic carbocycles. The van der Waals surface area contributed by atoms with Gasteiger partial charge < -0.3 is 0 Å². The lowest BCUT2D eigenvalue weighted by Crippen LogP contribution is -2.08. The van der Waals surface area contributed by atoms with Crippen LogP contribution < -0.4 is 0 Å². The van der Waals surface area contributed by atoms with Crippen molar-refractivity contribution in [2.45, 2.75) is 39.5 Å². The first-order valence-corrected chi connectivity index (χ1v) is 5.42. The van der Waals surface area contributed by atoms with Gasteiger partial charge in [-0.2, -0.15) is 0 Å². The van der Waals surface area contributed by atoms with E-state index in [0.717, 1.165) is 23.7 Å². The fourth-order valence-electron chi connectivity index (χ4n) is 2.92. The van der Waals surface area contributed by atoms with Crippen LogP contribution in [0.3, 0.4) is 0 Å². The number of hydrogen-bond acceptors (Lipinski definition) is 0. The quantitative estimate of drug-likeness (QED) is 0.519. The van der Waals surface area contributed by atoms with Crippen molar-refractivity contribution in [2.75, 3.05) is 0 Å². The van der Waals surface area contributed by atoms with Crippen molar-refractivity contribution in [3.63, 3.8) is 0 Å². The second kappa shape index (κ2) is 3.24. The second-order valence-electron chi connectivity index (χ2n) is 4.94. The topological polar surface area (TPSA) is 0 Å². The van der Waals surface area contributed by atoms with Gasteiger partial charge in [0.1, 0.15) is 0 Å². The van der Waals surface area contributed by atoms with E-state index in [1.54, 1.807) is 0 Å². The average Bonchev–Trinajstić information content (AvgIpc) is 2.46. The fraction of sp³-hybridized carbons (Fsp3) is 0.833. The molecule has 0 heteroatoms. The maximum Gasteiger partial charge on any atom is -0.0319 e. The van der Waals surface area contributed by atoms with Crippen LogP contribution in [0.15, 0.2) is 12.2 Å². The van der Waals surface area contributed by atoms with Crippen LogP contribution >= 0.6 is 0 Å². The molecule has 0 saturated heterocycles. The van der Waals surface area contributed by atoms with Gasteiger partial charge in [0.25, 0.3) is 0 Å². The predicted octanol–water partition coefficient (Wildman–Crippen LogP) is 3.63. The van der Waals surface area contributed by atoms with Crippen LogP contribution in [0.1, 0.15) is 39.5 Å². The molecule has 12 heavy (non-hydrogen) atoms. The van der Waals surface area contributed by atoms with E-state index in [-0.39, 0.29) is 0 Å². The molecule has 0 nitrogen and oxygen atoms in total. The normalized spacial score (nSPS) is 40.4. The highest BCUT2D eigenvalue weighted by atomic mass is 14.4. The zero-order valence-electron chi connectivity index (χ0n) is 8.29. The zero-order valence-corrected chi connectivity index (χ0v) is 8.29. The Morgan fingerprint density at radius 3 is 1.92 bits per heavy atom. The van der Waals surface area contributed by atoms with Crippen LogP contribution in [0, 0.1) is 23.7 Å². The molecule has 0 N–H and O–H groups in total. The van der Waals surface area contributed by atoms with Crippen molar-refractivity contribution < 1.29 is 0 Å². The third-order valence-electron chi connectivity index (χ3n) is 3.86. The van der Waals surface area contributed by atoms with E-state index in [2.05, 4.69) is 26.0 Å². The number of hydrogen-bond donors (Lipinski definition) is 0. The fourth-order valence-corrected chi connectivity index (χ4v) is 2.92. The van der Waals surface area contributed by atoms with Crippen LogP contribution in [0.4, 0.5) is 0 Å². The minimum absolute atomic E-state index is 0.913. The minimum atomic E-state index is 0.913. The van der Waals surface area contributed by atoms with Crippen molar-refractivity contribution >= 4 is 0 Å². The van der Waals surface area contributed by atoms with Gasteiger partial charge in [0, 0.05) is 0 Å². The highest BCUT2D eigenvalue weighted by molar-refractivity contribution is 4.99. The zero-order chi connectivity index (χ0) is 8.55. The Morgan fingerprint density at radius 1 is 1.00 bits per heavy atom. The Morgan fingerprint density at radius 2 is 1.50 bits per heavy atom. The molecule has 0 aliphatic heterocycles. The molecule has 2 rings (SSSR count). The smallest absolute Gasteiger partial charge is 0.0319 e. The van der Waals surface area contributed by atoms with E-state index in [4.69, 9.17) is 0 Å². The summed E-state index contributed by atoms with van der Waals surface area (Å²) < 4.78 is 0. The Bertz CT molecular complexity index is 162. The highest BCUT2D eigenvalue weighted by Gasteiger charge is 2.34. The average molecular weight is 164 g/mol. The van der Waals surface area contributed by atoms with E-state index in [1.165, 1.54) is 25.7 Å². The summed E-state index contributed by atoms with van der Waals surface area (Å²) in [4.78, 5) is 0. The van der Waals surface area contributed by atoms with Crippen LogP contribution in [-0.2, 0) is 0 Å². The predicted molar refractivity (Wildman–Crippen MR) is 52.9 cm³/mol. The lowest BCUT2D eigenvalue weighted by atomic mass is 9.86. The van der Waals surface area contributed by atoms with Crippen LogP contribution in [0.5, 0.6) is 0 Å². The second-order valence-corrected chi connectivity index (χ2v) is 4.94. The number of rotatable bonds is 1. The van der Waals surface area contributed by atoms with Gasteiger partial charge in [-0.25, -0.2) is 0 Å². The number of allylic oxidation sites excluding steroid dienone is 2. The van der Waals surface area contributed by atoms with Crippen molar-refractivity contribution in [1.29, 1.82) is 0 Å². The van der Waals surface area contributed by atoms with E-state index >= 15 is 0 Å². The standard InChI is InChI=1S/C12H20/c1-9(2)12-7-10-5-3-4-6-11(10)8-12/h3-4,9-12H,5-8H2,1-2H3/t10-,11+,12?. The third-order valence-corrected chi connectivity index (χ3v) is 3.86. The monoisotopic (exact) mass is 164 g/mol. The summed E-state index contributed by atoms with van der Waals surface area (Å²) in [5, 5.41) is 0. The van der Waals surface area contributed by atoms with Gasteiger partial charge in [0.2, 0.25) is 0 Å². The maximum atomic E-state index is 2.39. The van der Waals surface area contributed by atoms with Gasteiger partial charge in [0.15, 0.2) is 0 Å². The summed E-state index contributed by atoms with van der Waals surface area (Å²) >= 11 is 0. The van der Waals surface area contributed by atoms with Crippen LogP contribution in [0.2, 0.25) is 0 Å². The van der Waals surface area contributed by atoms with Crippen molar-refractivity contribution in [1.82, 2.24) is 0 Å². The summed E-state index contributed by atoms with van der Waals surface area (Å²) in [6.07, 6.45) is 10.5. The molecule has 0 amide bonds. The first-order valence-electron chi connectivity index (χ1n) is 5.42. The van der Waals surface area contributed by atoms with Crippen molar-refractivity contribution in [2.24, 2.45) is 23.7 Å². The summed E-state index contributed by atoms with van der Waals surface area (Å²) in [6.45, 7) is 4.77. The molecule has 1 unspecified atom stereocenters. The van der Waals surface area contributed by atoms with Gasteiger partial charge in [0.05, 0.1) is 0 Å². The molecule has 1 saturated carbocycles. The molecule has 0 bridgehead atoms. The first kappa shape index (κ1) is 8.34. The molecule has 0 radical (unpaired) electrons. The van der Waals surface area contributed by atoms with Gasteiger partial charge >= 0.3 is 0 Å². The third kappa shape index (κ3) is 1.44. The molecular weight excluding hydrogens is 144 g/mol. The van der Waals surface area contributed by atoms with E-state index in [9.17, 15) is 0 Å². The van der Waals surface area contributed by atoms with E-state index in [1.807, 2.05) is 0 Å². The van der Waals surface area contributed by atoms with Crippen molar-refractivity contribution in [3.8, 4) is 0 Å². The lowest BCUT2D eigenvalue weighted by molar-refractivity contribution is 0.379. The summed E-state index contributed by atoms with van der Waals surface area (Å²) in [5.41, 5.74) is 0. The summed E-state index contributed by atoms with van der Waals surface area (Å²) in [7, 11) is 0. The van der Waals surface area contributed by atoms with Crippen LogP contribution in [0.25, 0.3) is 0 Å². The molecule has 1 fully saturated rings. The van der Waals surface area contributed by atoms with E-state index < -0.39 is 0 Å². The number of fused-ring (bicyclic) bond motifs is 1. The molecule has 0 heterocycles. The largest absolute Gasteiger partial charge is 0.0882 e. The summed E-state index contributed by atoms with van der Waals surface area (Å²) in [5.74, 6) is 4.03. The highest BCUT2D eigenvalue weighted by Crippen LogP contribution is 2.45. The Hall–Kier alpha value is -0.260. The molecule has 0 spiro atoms. The molecule has 2 aliphatic rings. The van der Waals surface area contributed by atoms with Gasteiger partial charge in [-0.3, -0.25) is 0 Å². The minimum Gasteiger partial charge on any atom is -0.0882 e. The van der Waals surface area contributed by atoms with Gasteiger partial charge in [-0.1, -0.05) is 26.0 Å². The van der Waals surface area contributed by atoms with Gasteiger partial charge in [-0.05, 0) is 49.4 Å². The molecule has 0 aromatic heterocycles. The first-order chi connectivity index (χ1) is 5.77. The van der Waals surface area contributed by atoms with E-state index in [0.29, 0.717) is 0 Å². The molecular formula is C12H20. The maximum absolute atomic E-state index is 2.39. The SMILES string of the molecule is CC(C)C1C[C@H]2CC=CC[C@H]2C1. The molecule has 3 atom stereocenters. The Balaban J connectivity index is 1.98. The van der Waals surface area contributed by atoms with Crippen LogP contribution in [-0.4, -0.2) is 0 Å². The lowest BCUT2D eigenvalue weighted by Gasteiger charge is -2.19. The molecule has 68 valence electrons. The Kier molecular flexibility index (Phi) is 2.25. The summed E-state index contributed by atoms with van der Waals surface area (Å²) in [6, 6.07) is 0. The molecule has 0 aromatic rings. The van der Waals surface area contributed by atoms with Gasteiger partial charge in [-0.15, -0.1) is 0 Å².